The second-order valence-corrected chi connectivity index (χ2v) is 6.14. The van der Waals surface area contributed by atoms with Crippen LogP contribution in [0.2, 0.25) is 5.15 Å². The van der Waals surface area contributed by atoms with Gasteiger partial charge in [0.05, 0.1) is 5.75 Å². The van der Waals surface area contributed by atoms with Gasteiger partial charge in [-0.25, -0.2) is 9.97 Å². The quantitative estimate of drug-likeness (QED) is 0.549. The van der Waals surface area contributed by atoms with E-state index in [2.05, 4.69) is 20.2 Å². The molecule has 0 aliphatic carbocycles. The lowest BCUT2D eigenvalue weighted by molar-refractivity contribution is 0.765. The van der Waals surface area contributed by atoms with Gasteiger partial charge in [-0.2, -0.15) is 0 Å². The van der Waals surface area contributed by atoms with Gasteiger partial charge in [0.15, 0.2) is 5.16 Å². The normalized spacial score (nSPS) is 11.3. The van der Waals surface area contributed by atoms with Crippen molar-refractivity contribution in [1.82, 2.24) is 24.7 Å². The van der Waals surface area contributed by atoms with Crippen molar-refractivity contribution in [2.75, 3.05) is 0 Å². The first-order valence-corrected chi connectivity index (χ1v) is 7.78. The van der Waals surface area contributed by atoms with E-state index in [4.69, 9.17) is 11.6 Å². The largest absolute Gasteiger partial charge is 0.309 e. The van der Waals surface area contributed by atoms with Gasteiger partial charge in [0.2, 0.25) is 0 Å². The van der Waals surface area contributed by atoms with E-state index in [-0.39, 0.29) is 0 Å². The summed E-state index contributed by atoms with van der Waals surface area (Å²) in [5.74, 6) is 2.22. The number of halogens is 1. The average Bonchev–Trinajstić information content (AvgIpc) is 2.97. The van der Waals surface area contributed by atoms with Gasteiger partial charge >= 0.3 is 0 Å². The highest BCUT2D eigenvalue weighted by atomic mass is 35.5. The minimum absolute atomic E-state index is 0.510. The van der Waals surface area contributed by atoms with Gasteiger partial charge in [-0.3, -0.25) is 0 Å². The molecule has 0 amide bonds. The van der Waals surface area contributed by atoms with Crippen LogP contribution in [-0.2, 0) is 12.8 Å². The maximum Gasteiger partial charge on any atom is 0.191 e. The van der Waals surface area contributed by atoms with Crippen molar-refractivity contribution in [2.45, 2.75) is 17.8 Å². The molecule has 0 atom stereocenters. The van der Waals surface area contributed by atoms with E-state index in [1.165, 1.54) is 0 Å². The van der Waals surface area contributed by atoms with Crippen molar-refractivity contribution < 1.29 is 0 Å². The van der Waals surface area contributed by atoms with Gasteiger partial charge in [0.1, 0.15) is 21.6 Å². The number of thioether (sulfide) groups is 1. The number of thiophene rings is 1. The van der Waals surface area contributed by atoms with Crippen LogP contribution in [0.5, 0.6) is 0 Å². The number of hydrogen-bond acceptors (Lipinski definition) is 6. The molecule has 0 aliphatic rings. The summed E-state index contributed by atoms with van der Waals surface area (Å²) in [4.78, 5) is 9.72. The molecule has 0 saturated carbocycles. The zero-order valence-electron chi connectivity index (χ0n) is 10.3. The summed E-state index contributed by atoms with van der Waals surface area (Å²) in [6.45, 7) is 1.92. The predicted octanol–water partition coefficient (Wildman–Crippen LogP) is 3.07. The van der Waals surface area contributed by atoms with Gasteiger partial charge in [0.25, 0.3) is 0 Å². The number of aryl methyl sites for hydroxylation is 1. The fourth-order valence-corrected chi connectivity index (χ4v) is 3.47. The summed E-state index contributed by atoms with van der Waals surface area (Å²) in [5, 5.41) is 12.3. The number of fused-ring (bicyclic) bond motifs is 1. The zero-order chi connectivity index (χ0) is 13.4. The second kappa shape index (κ2) is 5.07. The first-order chi connectivity index (χ1) is 9.15. The molecule has 19 heavy (non-hydrogen) atoms. The highest BCUT2D eigenvalue weighted by Crippen LogP contribution is 2.27. The van der Waals surface area contributed by atoms with Crippen LogP contribution in [0.1, 0.15) is 11.6 Å². The topological polar surface area (TPSA) is 56.5 Å². The SMILES string of the molecule is Cc1nnc(SCc2nc(Cl)c3ccsc3n2)n1C. The third-order valence-corrected chi connectivity index (χ3v) is 4.82. The van der Waals surface area contributed by atoms with E-state index in [1.54, 1.807) is 23.1 Å². The molecule has 0 radical (unpaired) electrons. The van der Waals surface area contributed by atoms with Crippen LogP contribution in [0.4, 0.5) is 0 Å². The molecule has 0 aliphatic heterocycles. The van der Waals surface area contributed by atoms with Gasteiger partial charge in [-0.15, -0.1) is 21.5 Å². The molecule has 98 valence electrons. The first kappa shape index (κ1) is 12.8. The zero-order valence-corrected chi connectivity index (χ0v) is 12.7. The molecule has 3 rings (SSSR count). The molecule has 5 nitrogen and oxygen atoms in total. The van der Waals surface area contributed by atoms with Gasteiger partial charge in [-0.1, -0.05) is 23.4 Å². The summed E-state index contributed by atoms with van der Waals surface area (Å²) in [5.41, 5.74) is 0. The smallest absolute Gasteiger partial charge is 0.191 e. The monoisotopic (exact) mass is 311 g/mol. The maximum absolute atomic E-state index is 6.13. The Kier molecular flexibility index (Phi) is 3.42. The lowest BCUT2D eigenvalue weighted by Gasteiger charge is -2.02. The molecule has 0 N–H and O–H groups in total. The van der Waals surface area contributed by atoms with Crippen LogP contribution in [0.15, 0.2) is 16.6 Å². The molecule has 0 spiro atoms. The van der Waals surface area contributed by atoms with E-state index in [1.807, 2.05) is 30.0 Å². The van der Waals surface area contributed by atoms with Gasteiger partial charge in [-0.05, 0) is 18.4 Å². The Bertz CT molecular complexity index is 736. The molecule has 0 bridgehead atoms. The molecule has 0 unspecified atom stereocenters. The molecule has 3 aromatic rings. The summed E-state index contributed by atoms with van der Waals surface area (Å²) in [7, 11) is 1.94. The maximum atomic E-state index is 6.13. The molecule has 0 aromatic carbocycles. The lowest BCUT2D eigenvalue weighted by Crippen LogP contribution is -1.96. The van der Waals surface area contributed by atoms with E-state index >= 15 is 0 Å². The predicted molar refractivity (Wildman–Crippen MR) is 77.7 cm³/mol. The number of rotatable bonds is 3. The van der Waals surface area contributed by atoms with Crippen LogP contribution in [0.25, 0.3) is 10.2 Å². The molecular formula is C11H10ClN5S2. The molecule has 0 fully saturated rings. The fourth-order valence-electron chi connectivity index (χ4n) is 1.57. The van der Waals surface area contributed by atoms with E-state index in [0.717, 1.165) is 21.2 Å². The standard InChI is InChI=1S/C11H10ClN5S2/c1-6-15-16-11(17(6)2)19-5-8-13-9(12)7-3-4-18-10(7)14-8/h3-4H,5H2,1-2H3. The van der Waals surface area contributed by atoms with Crippen LogP contribution in [0, 0.1) is 6.92 Å². The average molecular weight is 312 g/mol. The molecule has 3 aromatic heterocycles. The van der Waals surface area contributed by atoms with Crippen LogP contribution >= 0.6 is 34.7 Å². The van der Waals surface area contributed by atoms with Crippen LogP contribution < -0.4 is 0 Å². The van der Waals surface area contributed by atoms with Crippen molar-refractivity contribution in [1.29, 1.82) is 0 Å². The van der Waals surface area contributed by atoms with E-state index in [9.17, 15) is 0 Å². The highest BCUT2D eigenvalue weighted by molar-refractivity contribution is 7.98. The van der Waals surface area contributed by atoms with Crippen molar-refractivity contribution >= 4 is 44.9 Å². The minimum Gasteiger partial charge on any atom is -0.309 e. The number of nitrogens with zero attached hydrogens (tertiary/aromatic N) is 5. The van der Waals surface area contributed by atoms with Crippen LogP contribution in [0.3, 0.4) is 0 Å². The van der Waals surface area contributed by atoms with Crippen molar-refractivity contribution in [3.63, 3.8) is 0 Å². The summed E-state index contributed by atoms with van der Waals surface area (Å²) in [6.07, 6.45) is 0. The van der Waals surface area contributed by atoms with E-state index in [0.29, 0.717) is 16.7 Å². The fraction of sp³-hybridized carbons (Fsp3) is 0.273. The molecule has 0 saturated heterocycles. The van der Waals surface area contributed by atoms with E-state index < -0.39 is 0 Å². The Morgan fingerprint density at radius 3 is 2.95 bits per heavy atom. The summed E-state index contributed by atoms with van der Waals surface area (Å²) < 4.78 is 1.94. The minimum atomic E-state index is 0.510. The highest BCUT2D eigenvalue weighted by Gasteiger charge is 2.10. The molecular weight excluding hydrogens is 302 g/mol. The van der Waals surface area contributed by atoms with Gasteiger partial charge < -0.3 is 4.57 Å². The van der Waals surface area contributed by atoms with Crippen molar-refractivity contribution in [2.24, 2.45) is 7.05 Å². The Labute approximate surface area is 123 Å². The molecule has 3 heterocycles. The Hall–Kier alpha value is -1.18. The second-order valence-electron chi connectivity index (χ2n) is 3.95. The van der Waals surface area contributed by atoms with Gasteiger partial charge in [0, 0.05) is 12.4 Å². The van der Waals surface area contributed by atoms with Crippen molar-refractivity contribution in [3.8, 4) is 0 Å². The Morgan fingerprint density at radius 1 is 1.37 bits per heavy atom. The number of hydrogen-bond donors (Lipinski definition) is 0. The van der Waals surface area contributed by atoms with Crippen LogP contribution in [-0.4, -0.2) is 24.7 Å². The first-order valence-electron chi connectivity index (χ1n) is 5.53. The third kappa shape index (κ3) is 2.45. The summed E-state index contributed by atoms with van der Waals surface area (Å²) >= 11 is 9.25. The van der Waals surface area contributed by atoms with Crippen molar-refractivity contribution in [3.05, 3.63) is 28.2 Å². The third-order valence-electron chi connectivity index (χ3n) is 2.71. The Morgan fingerprint density at radius 2 is 2.21 bits per heavy atom. The lowest BCUT2D eigenvalue weighted by atomic mass is 10.4. The summed E-state index contributed by atoms with van der Waals surface area (Å²) in [6, 6.07) is 1.94. The number of aromatic nitrogens is 5. The molecule has 8 heteroatoms. The Balaban J connectivity index is 1.83.